The van der Waals surface area contributed by atoms with Crippen molar-refractivity contribution in [2.45, 2.75) is 6.04 Å². The van der Waals surface area contributed by atoms with Gasteiger partial charge in [-0.3, -0.25) is 4.79 Å². The molecule has 0 saturated carbocycles. The molecule has 0 aliphatic carbocycles. The maximum Gasteiger partial charge on any atom is 0.256 e. The quantitative estimate of drug-likeness (QED) is 0.868. The molecule has 1 heterocycles. The van der Waals surface area contributed by atoms with E-state index in [-0.39, 0.29) is 17.5 Å². The predicted octanol–water partition coefficient (Wildman–Crippen LogP) is 0.886. The fourth-order valence-electron chi connectivity index (χ4n) is 1.99. The highest BCUT2D eigenvalue weighted by Crippen LogP contribution is 2.09. The normalized spacial score (nSPS) is 19.6. The first-order valence-electron chi connectivity index (χ1n) is 5.99. The number of benzene rings is 1. The molecule has 98 valence electrons. The third kappa shape index (κ3) is 3.05. The van der Waals surface area contributed by atoms with E-state index in [1.54, 1.807) is 19.2 Å². The Morgan fingerprint density at radius 2 is 2.33 bits per heavy atom. The summed E-state index contributed by atoms with van der Waals surface area (Å²) in [5.74, 6) is -0.789. The van der Waals surface area contributed by atoms with Crippen LogP contribution < -0.4 is 5.32 Å². The lowest BCUT2D eigenvalue weighted by atomic mass is 10.1. The Hall–Kier alpha value is -1.46. The number of nitrogens with one attached hydrogen (secondary N) is 1. The van der Waals surface area contributed by atoms with Crippen molar-refractivity contribution in [3.8, 4) is 0 Å². The summed E-state index contributed by atoms with van der Waals surface area (Å²) in [4.78, 5) is 13.6. The number of halogens is 1. The van der Waals surface area contributed by atoms with E-state index in [1.807, 2.05) is 0 Å². The summed E-state index contributed by atoms with van der Waals surface area (Å²) in [5.41, 5.74) is 0.108. The standard InChI is InChI=1S/C13H17FN2O2/c1-16(8-10-9-18-7-6-15-10)13(17)11-4-2-3-5-12(11)14/h2-5,10,15H,6-9H2,1H3. The average molecular weight is 252 g/mol. The average Bonchev–Trinajstić information content (AvgIpc) is 2.39. The van der Waals surface area contributed by atoms with Crippen LogP contribution in [0.3, 0.4) is 0 Å². The Balaban J connectivity index is 1.98. The smallest absolute Gasteiger partial charge is 0.256 e. The van der Waals surface area contributed by atoms with Crippen molar-refractivity contribution >= 4 is 5.91 Å². The van der Waals surface area contributed by atoms with Gasteiger partial charge in [-0.1, -0.05) is 12.1 Å². The van der Waals surface area contributed by atoms with Gasteiger partial charge in [0.05, 0.1) is 18.8 Å². The number of likely N-dealkylation sites (N-methyl/N-ethyl adjacent to an activating group) is 1. The summed E-state index contributed by atoms with van der Waals surface area (Å²) in [6.45, 7) is 2.57. The number of carbonyl (C=O) groups excluding carboxylic acids is 1. The van der Waals surface area contributed by atoms with E-state index in [2.05, 4.69) is 5.32 Å². The molecule has 0 spiro atoms. The molecule has 1 amide bonds. The fraction of sp³-hybridized carbons (Fsp3) is 0.462. The highest BCUT2D eigenvalue weighted by Gasteiger charge is 2.20. The van der Waals surface area contributed by atoms with Crippen molar-refractivity contribution in [3.05, 3.63) is 35.6 Å². The lowest BCUT2D eigenvalue weighted by Gasteiger charge is -2.28. The predicted molar refractivity (Wildman–Crippen MR) is 66.0 cm³/mol. The zero-order chi connectivity index (χ0) is 13.0. The van der Waals surface area contributed by atoms with Gasteiger partial charge in [-0.15, -0.1) is 0 Å². The van der Waals surface area contributed by atoms with Gasteiger partial charge in [-0.05, 0) is 12.1 Å². The molecule has 1 aliphatic heterocycles. The van der Waals surface area contributed by atoms with Gasteiger partial charge in [0.25, 0.3) is 5.91 Å². The summed E-state index contributed by atoms with van der Waals surface area (Å²) in [5, 5.41) is 3.26. The van der Waals surface area contributed by atoms with Crippen LogP contribution in [0.4, 0.5) is 4.39 Å². The molecule has 1 aromatic rings. The molecular weight excluding hydrogens is 235 g/mol. The first-order chi connectivity index (χ1) is 8.68. The minimum absolute atomic E-state index is 0.108. The minimum Gasteiger partial charge on any atom is -0.378 e. The molecule has 1 saturated heterocycles. The van der Waals surface area contributed by atoms with Crippen LogP contribution in [0.5, 0.6) is 0 Å². The van der Waals surface area contributed by atoms with E-state index in [0.29, 0.717) is 19.8 Å². The van der Waals surface area contributed by atoms with Crippen LogP contribution in [-0.4, -0.2) is 50.2 Å². The molecule has 1 unspecified atom stereocenters. The minimum atomic E-state index is -0.484. The Kier molecular flexibility index (Phi) is 4.28. The van der Waals surface area contributed by atoms with Crippen molar-refractivity contribution in [1.82, 2.24) is 10.2 Å². The van der Waals surface area contributed by atoms with Gasteiger partial charge >= 0.3 is 0 Å². The second-order valence-electron chi connectivity index (χ2n) is 4.39. The van der Waals surface area contributed by atoms with Gasteiger partial charge in [0.2, 0.25) is 0 Å². The molecular formula is C13H17FN2O2. The first kappa shape index (κ1) is 13.0. The van der Waals surface area contributed by atoms with Gasteiger partial charge in [0.15, 0.2) is 0 Å². The molecule has 4 nitrogen and oxygen atoms in total. The van der Waals surface area contributed by atoms with Gasteiger partial charge in [0, 0.05) is 26.2 Å². The zero-order valence-corrected chi connectivity index (χ0v) is 10.4. The molecule has 5 heteroatoms. The van der Waals surface area contributed by atoms with E-state index in [4.69, 9.17) is 4.74 Å². The topological polar surface area (TPSA) is 41.6 Å². The Labute approximate surface area is 106 Å². The van der Waals surface area contributed by atoms with E-state index in [0.717, 1.165) is 6.54 Å². The number of rotatable bonds is 3. The van der Waals surface area contributed by atoms with E-state index >= 15 is 0 Å². The van der Waals surface area contributed by atoms with Crippen LogP contribution in [0.25, 0.3) is 0 Å². The number of ether oxygens (including phenoxy) is 1. The van der Waals surface area contributed by atoms with Gasteiger partial charge in [-0.2, -0.15) is 0 Å². The molecule has 1 aromatic carbocycles. The number of amides is 1. The third-order valence-corrected chi connectivity index (χ3v) is 2.94. The lowest BCUT2D eigenvalue weighted by Crippen LogP contribution is -2.48. The van der Waals surface area contributed by atoms with Gasteiger partial charge in [0.1, 0.15) is 5.82 Å². The second-order valence-corrected chi connectivity index (χ2v) is 4.39. The maximum absolute atomic E-state index is 13.5. The third-order valence-electron chi connectivity index (χ3n) is 2.94. The van der Waals surface area contributed by atoms with Crippen LogP contribution in [0.1, 0.15) is 10.4 Å². The number of nitrogens with zero attached hydrogens (tertiary/aromatic N) is 1. The highest BCUT2D eigenvalue weighted by atomic mass is 19.1. The van der Waals surface area contributed by atoms with E-state index in [1.165, 1.54) is 17.0 Å². The molecule has 0 bridgehead atoms. The van der Waals surface area contributed by atoms with Crippen molar-refractivity contribution in [2.24, 2.45) is 0 Å². The van der Waals surface area contributed by atoms with Crippen LogP contribution in [0.2, 0.25) is 0 Å². The molecule has 1 aliphatic rings. The van der Waals surface area contributed by atoms with Crippen molar-refractivity contribution in [2.75, 3.05) is 33.4 Å². The summed E-state index contributed by atoms with van der Waals surface area (Å²) in [7, 11) is 1.67. The zero-order valence-electron chi connectivity index (χ0n) is 10.4. The van der Waals surface area contributed by atoms with Crippen molar-refractivity contribution < 1.29 is 13.9 Å². The summed E-state index contributed by atoms with van der Waals surface area (Å²) in [6, 6.07) is 6.14. The number of hydrogen-bond acceptors (Lipinski definition) is 3. The molecule has 1 N–H and O–H groups in total. The maximum atomic E-state index is 13.5. The van der Waals surface area contributed by atoms with Gasteiger partial charge in [-0.25, -0.2) is 4.39 Å². The van der Waals surface area contributed by atoms with E-state index < -0.39 is 5.82 Å². The molecule has 0 aromatic heterocycles. The molecule has 2 rings (SSSR count). The summed E-state index contributed by atoms with van der Waals surface area (Å²) >= 11 is 0. The van der Waals surface area contributed by atoms with Crippen molar-refractivity contribution in [3.63, 3.8) is 0 Å². The second kappa shape index (κ2) is 5.93. The fourth-order valence-corrected chi connectivity index (χ4v) is 1.99. The van der Waals surface area contributed by atoms with Crippen LogP contribution >= 0.6 is 0 Å². The largest absolute Gasteiger partial charge is 0.378 e. The Bertz CT molecular complexity index is 419. The summed E-state index contributed by atoms with van der Waals surface area (Å²) < 4.78 is 18.8. The molecule has 1 atom stereocenters. The van der Waals surface area contributed by atoms with Crippen molar-refractivity contribution in [1.29, 1.82) is 0 Å². The molecule has 1 fully saturated rings. The highest BCUT2D eigenvalue weighted by molar-refractivity contribution is 5.94. The van der Waals surface area contributed by atoms with Gasteiger partial charge < -0.3 is 15.0 Å². The molecule has 0 radical (unpaired) electrons. The lowest BCUT2D eigenvalue weighted by molar-refractivity contribution is 0.0563. The van der Waals surface area contributed by atoms with Crippen LogP contribution in [0, 0.1) is 5.82 Å². The molecule has 18 heavy (non-hydrogen) atoms. The number of hydrogen-bond donors (Lipinski definition) is 1. The Morgan fingerprint density at radius 1 is 1.56 bits per heavy atom. The SMILES string of the molecule is CN(CC1COCCN1)C(=O)c1ccccc1F. The monoisotopic (exact) mass is 252 g/mol. The Morgan fingerprint density at radius 3 is 3.00 bits per heavy atom. The van der Waals surface area contributed by atoms with Crippen LogP contribution in [0.15, 0.2) is 24.3 Å². The number of morpholine rings is 1. The summed E-state index contributed by atoms with van der Waals surface area (Å²) in [6.07, 6.45) is 0. The first-order valence-corrected chi connectivity index (χ1v) is 5.99. The number of carbonyl (C=O) groups is 1. The van der Waals surface area contributed by atoms with Crippen LogP contribution in [-0.2, 0) is 4.74 Å². The van der Waals surface area contributed by atoms with E-state index in [9.17, 15) is 9.18 Å².